The van der Waals surface area contributed by atoms with E-state index >= 15 is 0 Å². The van der Waals surface area contributed by atoms with Gasteiger partial charge < -0.3 is 20.2 Å². The van der Waals surface area contributed by atoms with Gasteiger partial charge in [0.2, 0.25) is 5.90 Å². The molecule has 3 aromatic carbocycles. The number of allylic oxidation sites excluding steroid dienone is 2. The van der Waals surface area contributed by atoms with E-state index in [2.05, 4.69) is 55.1 Å². The molecule has 1 aliphatic rings. The summed E-state index contributed by atoms with van der Waals surface area (Å²) in [4.78, 5) is 2.31. The quantitative estimate of drug-likeness (QED) is 0.230. The van der Waals surface area contributed by atoms with Gasteiger partial charge in [-0.3, -0.25) is 5.41 Å². The molecule has 0 bridgehead atoms. The Labute approximate surface area is 231 Å². The molecule has 6 heteroatoms. The zero-order valence-corrected chi connectivity index (χ0v) is 23.5. The number of nitrogens with zero attached hydrogens (tertiary/aromatic N) is 1. The second kappa shape index (κ2) is 12.7. The number of methoxy groups -OCH3 is 1. The van der Waals surface area contributed by atoms with Crippen LogP contribution in [0, 0.1) is 31.6 Å². The van der Waals surface area contributed by atoms with Crippen molar-refractivity contribution in [3.05, 3.63) is 106 Å². The minimum atomic E-state index is -0.343. The topological polar surface area (TPSA) is 80.4 Å². The van der Waals surface area contributed by atoms with Gasteiger partial charge in [0, 0.05) is 51.9 Å². The van der Waals surface area contributed by atoms with E-state index in [0.717, 1.165) is 35.4 Å². The minimum absolute atomic E-state index is 0. The molecule has 37 heavy (non-hydrogen) atoms. The molecule has 197 valence electrons. The smallest absolute Gasteiger partial charge is 0.211 e. The third-order valence-corrected chi connectivity index (χ3v) is 6.82. The molecule has 5 nitrogen and oxygen atoms in total. The van der Waals surface area contributed by atoms with Crippen molar-refractivity contribution < 1.29 is 26.6 Å². The number of hydrogen-bond donors (Lipinski definition) is 3. The van der Waals surface area contributed by atoms with Crippen LogP contribution in [0.25, 0.3) is 0 Å². The number of anilines is 1. The third kappa shape index (κ3) is 6.32. The summed E-state index contributed by atoms with van der Waals surface area (Å²) in [5.41, 5.74) is 8.49. The third-order valence-electron chi connectivity index (χ3n) is 6.82. The first-order chi connectivity index (χ1) is 17.2. The van der Waals surface area contributed by atoms with Gasteiger partial charge in [-0.05, 0) is 87.6 Å². The van der Waals surface area contributed by atoms with Gasteiger partial charge in [-0.15, -0.1) is 0 Å². The molecule has 0 amide bonds. The number of aryl methyl sites for hydroxylation is 3. The van der Waals surface area contributed by atoms with Gasteiger partial charge in [0.05, 0.1) is 7.11 Å². The van der Waals surface area contributed by atoms with Crippen LogP contribution in [0.15, 0.2) is 72.4 Å². The van der Waals surface area contributed by atoms with Gasteiger partial charge in [-0.25, -0.2) is 0 Å². The Balaban J connectivity index is 0.000000314. The molecule has 1 heterocycles. The Bertz CT molecular complexity index is 1260. The Morgan fingerprint density at radius 2 is 1.65 bits per heavy atom. The number of aliphatic hydroxyl groups excluding tert-OH is 1. The van der Waals surface area contributed by atoms with Crippen LogP contribution >= 0.6 is 0 Å². The SMILES string of the molecule is CCN1/C(=C\C=N)C(C)(Cc2ccccc2)c2cc(OC)ccc21.Cc1cc(C)c(C(=N)O)c(C)c1.[Co]. The fourth-order valence-electron chi connectivity index (χ4n) is 5.32. The van der Waals surface area contributed by atoms with Crippen molar-refractivity contribution in [2.24, 2.45) is 0 Å². The van der Waals surface area contributed by atoms with Gasteiger partial charge >= 0.3 is 0 Å². The number of ether oxygens (including phenoxy) is 1. The largest absolute Gasteiger partial charge is 0.497 e. The van der Waals surface area contributed by atoms with Crippen molar-refractivity contribution in [1.82, 2.24) is 0 Å². The maximum Gasteiger partial charge on any atom is 0.211 e. The standard InChI is InChI=1S/C21H24N2O.C10H13NO.Co/c1-4-23-19-11-10-17(24-3)14-18(19)21(2,20(23)12-13-22)15-16-8-6-5-7-9-16;1-6-4-7(2)9(10(11)12)8(3)5-6;/h5-14,22H,4,15H2,1-3H3;4-5H,1-3H3,(H2,11,12);/b20-12-,22-13?;;. The minimum Gasteiger partial charge on any atom is -0.497 e. The van der Waals surface area contributed by atoms with E-state index in [1.54, 1.807) is 7.11 Å². The molecule has 3 N–H and O–H groups in total. The summed E-state index contributed by atoms with van der Waals surface area (Å²) in [6.07, 6.45) is 4.22. The van der Waals surface area contributed by atoms with Crippen LogP contribution in [0.1, 0.15) is 47.2 Å². The number of rotatable bonds is 6. The fraction of sp³-hybridized carbons (Fsp3) is 0.290. The van der Waals surface area contributed by atoms with E-state index in [1.165, 1.54) is 28.7 Å². The van der Waals surface area contributed by atoms with Crippen molar-refractivity contribution in [2.75, 3.05) is 18.6 Å². The summed E-state index contributed by atoms with van der Waals surface area (Å²) in [6, 6.07) is 20.8. The van der Waals surface area contributed by atoms with Crippen LogP contribution in [0.4, 0.5) is 5.69 Å². The molecule has 0 aliphatic carbocycles. The van der Waals surface area contributed by atoms with E-state index < -0.39 is 0 Å². The van der Waals surface area contributed by atoms with Crippen LogP contribution in [0.3, 0.4) is 0 Å². The molecule has 4 rings (SSSR count). The van der Waals surface area contributed by atoms with Crippen molar-refractivity contribution in [2.45, 2.75) is 46.5 Å². The van der Waals surface area contributed by atoms with Crippen molar-refractivity contribution in [3.8, 4) is 5.75 Å². The first-order valence-electron chi connectivity index (χ1n) is 12.2. The van der Waals surface area contributed by atoms with E-state index in [0.29, 0.717) is 5.56 Å². The Hall–Kier alpha value is -3.35. The predicted octanol–water partition coefficient (Wildman–Crippen LogP) is 7.06. The summed E-state index contributed by atoms with van der Waals surface area (Å²) >= 11 is 0. The number of likely N-dealkylation sites (N-methyl/N-ethyl adjacent to an activating group) is 1. The summed E-state index contributed by atoms with van der Waals surface area (Å²) in [5.74, 6) is 0.533. The zero-order chi connectivity index (χ0) is 26.5. The van der Waals surface area contributed by atoms with E-state index in [-0.39, 0.29) is 28.1 Å². The first-order valence-corrected chi connectivity index (χ1v) is 12.2. The maximum absolute atomic E-state index is 9.06. The van der Waals surface area contributed by atoms with Crippen LogP contribution in [-0.4, -0.2) is 30.9 Å². The first kappa shape index (κ1) is 29.9. The van der Waals surface area contributed by atoms with Crippen LogP contribution in [-0.2, 0) is 28.6 Å². The molecule has 1 atom stereocenters. The predicted molar refractivity (Wildman–Crippen MR) is 150 cm³/mol. The average molecular weight is 543 g/mol. The van der Waals surface area contributed by atoms with E-state index in [4.69, 9.17) is 20.7 Å². The van der Waals surface area contributed by atoms with Gasteiger partial charge in [0.1, 0.15) is 5.75 Å². The van der Waals surface area contributed by atoms with Gasteiger partial charge in [0.15, 0.2) is 0 Å². The molecule has 0 aromatic heterocycles. The van der Waals surface area contributed by atoms with E-state index in [9.17, 15) is 0 Å². The monoisotopic (exact) mass is 542 g/mol. The molecule has 1 radical (unpaired) electrons. The summed E-state index contributed by atoms with van der Waals surface area (Å²) in [5, 5.41) is 23.8. The van der Waals surface area contributed by atoms with Crippen LogP contribution in [0.5, 0.6) is 5.75 Å². The number of aliphatic hydroxyl groups is 1. The second-order valence-electron chi connectivity index (χ2n) is 9.46. The van der Waals surface area contributed by atoms with Crippen molar-refractivity contribution in [1.29, 1.82) is 10.8 Å². The van der Waals surface area contributed by atoms with Crippen LogP contribution < -0.4 is 9.64 Å². The molecule has 0 saturated heterocycles. The molecule has 1 unspecified atom stereocenters. The van der Waals surface area contributed by atoms with Crippen LogP contribution in [0.2, 0.25) is 0 Å². The molecular weight excluding hydrogens is 505 g/mol. The molecular formula is C31H37CoN3O2. The molecule has 0 fully saturated rings. The Kier molecular flexibility index (Phi) is 10.3. The molecule has 0 saturated carbocycles. The average Bonchev–Trinajstić information content (AvgIpc) is 3.06. The van der Waals surface area contributed by atoms with Gasteiger partial charge in [-0.2, -0.15) is 0 Å². The number of benzene rings is 3. The Morgan fingerprint density at radius 3 is 2.16 bits per heavy atom. The summed E-state index contributed by atoms with van der Waals surface area (Å²) in [7, 11) is 1.71. The van der Waals surface area contributed by atoms with E-state index in [1.807, 2.05) is 51.1 Å². The summed E-state index contributed by atoms with van der Waals surface area (Å²) in [6.45, 7) is 11.1. The summed E-state index contributed by atoms with van der Waals surface area (Å²) < 4.78 is 5.46. The van der Waals surface area contributed by atoms with Crippen molar-refractivity contribution >= 4 is 17.8 Å². The maximum atomic E-state index is 9.06. The number of nitrogens with one attached hydrogen (secondary N) is 2. The molecule has 0 spiro atoms. The second-order valence-corrected chi connectivity index (χ2v) is 9.46. The van der Waals surface area contributed by atoms with Gasteiger partial charge in [0.25, 0.3) is 0 Å². The normalized spacial score (nSPS) is 16.8. The van der Waals surface area contributed by atoms with Gasteiger partial charge in [-0.1, -0.05) is 48.0 Å². The molecule has 3 aromatic rings. The zero-order valence-electron chi connectivity index (χ0n) is 22.5. The Morgan fingerprint density at radius 1 is 1.03 bits per heavy atom. The fourth-order valence-corrected chi connectivity index (χ4v) is 5.32. The molecule has 1 aliphatic heterocycles. The van der Waals surface area contributed by atoms with Crippen molar-refractivity contribution in [3.63, 3.8) is 0 Å². The number of fused-ring (bicyclic) bond motifs is 1. The number of hydrogen-bond acceptors (Lipinski definition) is 4.